The maximum Gasteiger partial charge on any atom is 0.164 e. The molecule has 0 unspecified atom stereocenters. The minimum absolute atomic E-state index is 0.617. The molecule has 0 saturated heterocycles. The fourth-order valence-electron chi connectivity index (χ4n) is 7.48. The zero-order chi connectivity index (χ0) is 39.1. The van der Waals surface area contributed by atoms with Crippen molar-refractivity contribution in [3.63, 3.8) is 0 Å². The van der Waals surface area contributed by atoms with Crippen LogP contribution in [0.4, 0.5) is 0 Å². The van der Waals surface area contributed by atoms with Crippen molar-refractivity contribution >= 4 is 42.9 Å². The van der Waals surface area contributed by atoms with Gasteiger partial charge in [-0.1, -0.05) is 158 Å². The van der Waals surface area contributed by atoms with Crippen LogP contribution in [0.2, 0.25) is 0 Å². The van der Waals surface area contributed by atoms with Crippen molar-refractivity contribution in [3.8, 4) is 78.8 Å². The Hall–Kier alpha value is -7.81. The second kappa shape index (κ2) is 14.6. The van der Waals surface area contributed by atoms with Gasteiger partial charge in [-0.3, -0.25) is 0 Å². The molecule has 0 atom stereocenters. The van der Waals surface area contributed by atoms with E-state index in [-0.39, 0.29) is 0 Å². The van der Waals surface area contributed by atoms with E-state index in [2.05, 4.69) is 126 Å². The maximum absolute atomic E-state index is 5.04. The highest BCUT2D eigenvalue weighted by molar-refractivity contribution is 7.25. The summed E-state index contributed by atoms with van der Waals surface area (Å²) in [5.74, 6) is 1.87. The van der Waals surface area contributed by atoms with Crippen molar-refractivity contribution in [2.24, 2.45) is 0 Å². The molecule has 0 fully saturated rings. The average molecular weight is 774 g/mol. The van der Waals surface area contributed by atoms with Gasteiger partial charge in [0.1, 0.15) is 22.2 Å². The zero-order valence-electron chi connectivity index (χ0n) is 31.4. The molecule has 0 spiro atoms. The number of para-hydroxylation sites is 2. The minimum atomic E-state index is 0.617. The summed E-state index contributed by atoms with van der Waals surface area (Å²) in [6.07, 6.45) is 1.62. The summed E-state index contributed by atoms with van der Waals surface area (Å²) in [5, 5.41) is 0. The molecule has 0 N–H and O–H groups in total. The third kappa shape index (κ3) is 6.57. The third-order valence-electron chi connectivity index (χ3n) is 10.5. The number of rotatable bonds is 7. The van der Waals surface area contributed by atoms with Gasteiger partial charge in [0.05, 0.1) is 21.4 Å². The number of nitrogens with zero attached hydrogens (tertiary/aromatic N) is 7. The average Bonchev–Trinajstić information content (AvgIpc) is 3.69. The Morgan fingerprint density at radius 2 is 0.746 bits per heavy atom. The lowest BCUT2D eigenvalue weighted by Crippen LogP contribution is -2.00. The fourth-order valence-corrected chi connectivity index (χ4v) is 8.57. The molecule has 0 radical (unpaired) electrons. The SMILES string of the molecule is c1ccc(-c2ccc(-c3nc(-c4ccccc4)nc(-c4cccc(-c5cccc(-c6ccc(-c7ncnc8c7sc7nc9ccccc9nc78)cc6)c5)c4)n3)cc2)cc1. The number of hydrogen-bond acceptors (Lipinski definition) is 8. The maximum atomic E-state index is 5.04. The highest BCUT2D eigenvalue weighted by Crippen LogP contribution is 2.38. The van der Waals surface area contributed by atoms with E-state index in [4.69, 9.17) is 29.9 Å². The van der Waals surface area contributed by atoms with E-state index < -0.39 is 0 Å². The van der Waals surface area contributed by atoms with E-state index in [1.54, 1.807) is 17.7 Å². The first-order chi connectivity index (χ1) is 29.2. The molecule has 0 aliphatic heterocycles. The summed E-state index contributed by atoms with van der Waals surface area (Å²) >= 11 is 1.59. The van der Waals surface area contributed by atoms with Crippen LogP contribution in [0.1, 0.15) is 0 Å². The van der Waals surface area contributed by atoms with Gasteiger partial charge in [-0.2, -0.15) is 0 Å². The lowest BCUT2D eigenvalue weighted by Gasteiger charge is -2.11. The quantitative estimate of drug-likeness (QED) is 0.159. The van der Waals surface area contributed by atoms with Gasteiger partial charge in [-0.15, -0.1) is 11.3 Å². The van der Waals surface area contributed by atoms with Crippen molar-refractivity contribution in [3.05, 3.63) is 188 Å². The van der Waals surface area contributed by atoms with Crippen molar-refractivity contribution in [2.75, 3.05) is 0 Å². The molecule has 0 bridgehead atoms. The smallest absolute Gasteiger partial charge is 0.164 e. The lowest BCUT2D eigenvalue weighted by molar-refractivity contribution is 1.07. The zero-order valence-corrected chi connectivity index (χ0v) is 32.3. The first kappa shape index (κ1) is 34.4. The van der Waals surface area contributed by atoms with Gasteiger partial charge in [0, 0.05) is 22.3 Å². The Kier molecular flexibility index (Phi) is 8.52. The number of aromatic nitrogens is 7. The van der Waals surface area contributed by atoms with E-state index in [0.29, 0.717) is 17.5 Å². The van der Waals surface area contributed by atoms with Crippen molar-refractivity contribution in [1.82, 2.24) is 34.9 Å². The summed E-state index contributed by atoms with van der Waals surface area (Å²) < 4.78 is 0.981. The van der Waals surface area contributed by atoms with Crippen LogP contribution < -0.4 is 0 Å². The van der Waals surface area contributed by atoms with Gasteiger partial charge >= 0.3 is 0 Å². The van der Waals surface area contributed by atoms with Crippen molar-refractivity contribution < 1.29 is 0 Å². The predicted molar refractivity (Wildman–Crippen MR) is 239 cm³/mol. The second-order valence-corrected chi connectivity index (χ2v) is 15.2. The van der Waals surface area contributed by atoms with Gasteiger partial charge in [0.2, 0.25) is 0 Å². The van der Waals surface area contributed by atoms with Gasteiger partial charge in [0.25, 0.3) is 0 Å². The molecule has 0 aliphatic carbocycles. The van der Waals surface area contributed by atoms with Gasteiger partial charge < -0.3 is 0 Å². The molecule has 59 heavy (non-hydrogen) atoms. The van der Waals surface area contributed by atoms with Gasteiger partial charge in [-0.05, 0) is 57.6 Å². The molecule has 0 amide bonds. The molecule has 11 rings (SSSR count). The van der Waals surface area contributed by atoms with Crippen LogP contribution in [0.25, 0.3) is 110 Å². The van der Waals surface area contributed by atoms with Crippen LogP contribution >= 0.6 is 11.3 Å². The van der Waals surface area contributed by atoms with Crippen LogP contribution in [0.5, 0.6) is 0 Å². The Bertz CT molecular complexity index is 3310. The molecule has 8 heteroatoms. The van der Waals surface area contributed by atoms with Crippen LogP contribution in [-0.2, 0) is 0 Å². The van der Waals surface area contributed by atoms with E-state index in [0.717, 1.165) is 87.4 Å². The fraction of sp³-hybridized carbons (Fsp3) is 0. The Morgan fingerprint density at radius 1 is 0.305 bits per heavy atom. The normalized spacial score (nSPS) is 11.4. The number of hydrogen-bond donors (Lipinski definition) is 0. The number of benzene rings is 7. The van der Waals surface area contributed by atoms with Gasteiger partial charge in [0.15, 0.2) is 17.5 Å². The molecule has 0 aliphatic rings. The molecule has 276 valence electrons. The first-order valence-corrected chi connectivity index (χ1v) is 20.1. The molecule has 11 aromatic rings. The third-order valence-corrected chi connectivity index (χ3v) is 11.6. The second-order valence-electron chi connectivity index (χ2n) is 14.2. The van der Waals surface area contributed by atoms with Crippen LogP contribution in [0.15, 0.2) is 188 Å². The summed E-state index contributed by atoms with van der Waals surface area (Å²) in [6.45, 7) is 0. The highest BCUT2D eigenvalue weighted by Gasteiger charge is 2.17. The van der Waals surface area contributed by atoms with Crippen LogP contribution in [-0.4, -0.2) is 34.9 Å². The Morgan fingerprint density at radius 3 is 1.41 bits per heavy atom. The molecular weight excluding hydrogens is 743 g/mol. The monoisotopic (exact) mass is 773 g/mol. The van der Waals surface area contributed by atoms with E-state index >= 15 is 0 Å². The first-order valence-electron chi connectivity index (χ1n) is 19.3. The van der Waals surface area contributed by atoms with Crippen molar-refractivity contribution in [2.45, 2.75) is 0 Å². The van der Waals surface area contributed by atoms with E-state index in [9.17, 15) is 0 Å². The van der Waals surface area contributed by atoms with E-state index in [1.165, 1.54) is 5.56 Å². The topological polar surface area (TPSA) is 90.2 Å². The molecule has 0 saturated carbocycles. The summed E-state index contributed by atoms with van der Waals surface area (Å²) in [7, 11) is 0. The predicted octanol–water partition coefficient (Wildman–Crippen LogP) is 12.6. The lowest BCUT2D eigenvalue weighted by atomic mass is 9.97. The Labute approximate surface area is 343 Å². The highest BCUT2D eigenvalue weighted by atomic mass is 32.1. The van der Waals surface area contributed by atoms with E-state index in [1.807, 2.05) is 60.7 Å². The van der Waals surface area contributed by atoms with Gasteiger partial charge in [-0.25, -0.2) is 34.9 Å². The van der Waals surface area contributed by atoms with Crippen LogP contribution in [0, 0.1) is 0 Å². The minimum Gasteiger partial charge on any atom is -0.241 e. The summed E-state index contributed by atoms with van der Waals surface area (Å²) in [6, 6.07) is 62.4. The Balaban J connectivity index is 0.914. The summed E-state index contributed by atoms with van der Waals surface area (Å²) in [4.78, 5) is 35.0. The largest absolute Gasteiger partial charge is 0.241 e. The molecule has 4 aromatic heterocycles. The summed E-state index contributed by atoms with van der Waals surface area (Å²) in [5.41, 5.74) is 14.7. The molecular formula is C51H31N7S. The number of fused-ring (bicyclic) bond motifs is 4. The molecule has 7 aromatic carbocycles. The molecule has 7 nitrogen and oxygen atoms in total. The van der Waals surface area contributed by atoms with Crippen LogP contribution in [0.3, 0.4) is 0 Å². The standard InChI is InChI=1S/C51H31N7S/c1-3-11-32(12-4-1)33-23-27-37(28-24-33)49-56-48(36-13-5-2-6-14-36)57-50(58-49)41-18-10-17-40(30-41)39-16-9-15-38(29-39)34-21-25-35(26-22-34)44-47-45(53-31-52-44)46-51(59-47)55-43-20-8-7-19-42(43)54-46/h1-31H. The van der Waals surface area contributed by atoms with Crippen molar-refractivity contribution in [1.29, 1.82) is 0 Å². The molecule has 4 heterocycles. The number of thiophene rings is 1.